The zero-order chi connectivity index (χ0) is 40.5. The van der Waals surface area contributed by atoms with Crippen molar-refractivity contribution in [2.24, 2.45) is 0 Å². The molecule has 8 heteroatoms. The van der Waals surface area contributed by atoms with Crippen LogP contribution in [0.1, 0.15) is 11.1 Å². The third-order valence-corrected chi connectivity index (χ3v) is 17.7. The van der Waals surface area contributed by atoms with Crippen LogP contribution in [0.25, 0.3) is 77.2 Å². The number of aliphatic hydroxyl groups is 2. The fourth-order valence-electron chi connectivity index (χ4n) is 10.4. The Balaban J connectivity index is 1.30. The lowest BCUT2D eigenvalue weighted by atomic mass is 10.0. The molecule has 2 aliphatic rings. The van der Waals surface area contributed by atoms with Crippen LogP contribution >= 0.6 is 0 Å². The zero-order valence-corrected chi connectivity index (χ0v) is 33.7. The second-order valence-electron chi connectivity index (χ2n) is 15.7. The van der Waals surface area contributed by atoms with Crippen molar-refractivity contribution in [2.75, 3.05) is 14.2 Å². The molecule has 0 atom stereocenters. The van der Waals surface area contributed by atoms with Crippen molar-refractivity contribution >= 4 is 52.7 Å². The molecule has 10 aromatic rings. The number of rotatable bonds is 6. The average molecular weight is 803 g/mol. The van der Waals surface area contributed by atoms with Crippen LogP contribution < -0.4 is 9.47 Å². The van der Waals surface area contributed by atoms with Gasteiger partial charge in [-0.3, -0.25) is 4.21 Å². The molecule has 1 spiro atoms. The van der Waals surface area contributed by atoms with E-state index in [2.05, 4.69) is 118 Å². The second kappa shape index (κ2) is 12.3. The van der Waals surface area contributed by atoms with Gasteiger partial charge in [0.1, 0.15) is 11.5 Å². The SMILES string of the molecule is COc1ccc2c(c1)c1cc(CO)ccc1n2-c1cccc2c1-c1c(-n3c4ccc(CO)cc4c4cc(OC)ccc43)cccc1S21(=O)c2ccccc2-c2ccccc21. The van der Waals surface area contributed by atoms with Crippen molar-refractivity contribution in [3.8, 4) is 45.1 Å². The predicted octanol–water partition coefficient (Wildman–Crippen LogP) is 11.2. The Kier molecular flexibility index (Phi) is 7.17. The van der Waals surface area contributed by atoms with E-state index in [0.29, 0.717) is 0 Å². The average Bonchev–Trinajstić information content (AvgIpc) is 3.97. The van der Waals surface area contributed by atoms with Gasteiger partial charge in [0, 0.05) is 61.3 Å². The molecule has 60 heavy (non-hydrogen) atoms. The van der Waals surface area contributed by atoms with Crippen molar-refractivity contribution < 1.29 is 23.9 Å². The van der Waals surface area contributed by atoms with Crippen molar-refractivity contribution in [2.45, 2.75) is 32.8 Å². The van der Waals surface area contributed by atoms with E-state index < -0.39 is 9.07 Å². The van der Waals surface area contributed by atoms with Gasteiger partial charge < -0.3 is 28.8 Å². The normalized spacial score (nSPS) is 14.9. The van der Waals surface area contributed by atoms with E-state index in [4.69, 9.17) is 9.47 Å². The number of ether oxygens (including phenoxy) is 2. The number of hydrogen-bond acceptors (Lipinski definition) is 5. The molecule has 7 nitrogen and oxygen atoms in total. The maximum Gasteiger partial charge on any atom is 0.119 e. The number of hydrogen-bond donors (Lipinski definition) is 2. The lowest BCUT2D eigenvalue weighted by molar-refractivity contribution is 0.282. The molecule has 0 bridgehead atoms. The molecule has 0 amide bonds. The van der Waals surface area contributed by atoms with E-state index in [9.17, 15) is 10.2 Å². The first-order valence-corrected chi connectivity index (χ1v) is 22.0. The Bertz CT molecular complexity index is 3220. The van der Waals surface area contributed by atoms with Gasteiger partial charge in [0.15, 0.2) is 0 Å². The molecular formula is C52H38N2O5S. The second-order valence-corrected chi connectivity index (χ2v) is 19.3. The number of benzene rings is 8. The number of nitrogens with zero attached hydrogens (tertiary/aromatic N) is 2. The first-order chi connectivity index (χ1) is 29.4. The molecular weight excluding hydrogens is 765 g/mol. The highest BCUT2D eigenvalue weighted by Gasteiger charge is 2.58. The molecule has 0 aliphatic carbocycles. The maximum atomic E-state index is 18.0. The third kappa shape index (κ3) is 4.17. The number of fused-ring (bicyclic) bond motifs is 16. The summed E-state index contributed by atoms with van der Waals surface area (Å²) in [6.45, 7) is -0.172. The highest BCUT2D eigenvalue weighted by Crippen LogP contribution is 2.72. The Morgan fingerprint density at radius 1 is 0.450 bits per heavy atom. The lowest BCUT2D eigenvalue weighted by Gasteiger charge is -2.38. The quantitative estimate of drug-likeness (QED) is 0.175. The first kappa shape index (κ1) is 35.0. The van der Waals surface area contributed by atoms with E-state index in [1.807, 2.05) is 48.5 Å². The van der Waals surface area contributed by atoms with Crippen LogP contribution in [0.5, 0.6) is 11.5 Å². The molecule has 4 heterocycles. The molecule has 2 aromatic heterocycles. The Morgan fingerprint density at radius 2 is 0.833 bits per heavy atom. The maximum absolute atomic E-state index is 18.0. The van der Waals surface area contributed by atoms with Crippen molar-refractivity contribution in [3.63, 3.8) is 0 Å². The van der Waals surface area contributed by atoms with Crippen LogP contribution in [0.15, 0.2) is 177 Å². The summed E-state index contributed by atoms with van der Waals surface area (Å²) >= 11 is 0. The minimum atomic E-state index is -4.31. The fraction of sp³-hybridized carbons (Fsp3) is 0.0769. The minimum absolute atomic E-state index is 0.0861. The van der Waals surface area contributed by atoms with Gasteiger partial charge in [-0.05, 0) is 119 Å². The Labute approximate surface area is 345 Å². The smallest absolute Gasteiger partial charge is 0.119 e. The van der Waals surface area contributed by atoms with Gasteiger partial charge in [0.05, 0.1) is 60.9 Å². The standard InChI is InChI=1S/C52H38N2O5S/c1-58-33-19-23-43-39(27-33)37-25-31(29-55)17-21-41(37)53(43)45-11-7-15-49-51(45)52-46(54-42-22-18-32(30-56)26-38(42)40-28-34(59-2)20-24-44(40)54)12-8-16-50(52)60(49,57)47-13-5-3-9-35(47)36-10-4-6-14-48(36)60/h3-28,55-56H,29-30H2,1-2H3. The topological polar surface area (TPSA) is 85.8 Å². The van der Waals surface area contributed by atoms with Gasteiger partial charge in [-0.25, -0.2) is 0 Å². The van der Waals surface area contributed by atoms with E-state index in [0.717, 1.165) is 119 Å². The summed E-state index contributed by atoms with van der Waals surface area (Å²) < 4.78 is 34.1. The molecule has 0 unspecified atom stereocenters. The first-order valence-electron chi connectivity index (χ1n) is 20.0. The molecule has 0 radical (unpaired) electrons. The van der Waals surface area contributed by atoms with Gasteiger partial charge in [0.2, 0.25) is 0 Å². The van der Waals surface area contributed by atoms with Crippen LogP contribution in [0.2, 0.25) is 0 Å². The zero-order valence-electron chi connectivity index (χ0n) is 32.8. The van der Waals surface area contributed by atoms with Crippen molar-refractivity contribution in [1.82, 2.24) is 9.13 Å². The summed E-state index contributed by atoms with van der Waals surface area (Å²) in [6.07, 6.45) is 0. The van der Waals surface area contributed by atoms with Crippen LogP contribution in [0.4, 0.5) is 0 Å². The number of aromatic nitrogens is 2. The van der Waals surface area contributed by atoms with E-state index in [1.54, 1.807) is 14.2 Å². The van der Waals surface area contributed by atoms with Crippen LogP contribution in [-0.4, -0.2) is 37.8 Å². The van der Waals surface area contributed by atoms with Gasteiger partial charge in [-0.1, -0.05) is 60.7 Å². The van der Waals surface area contributed by atoms with E-state index in [1.165, 1.54) is 0 Å². The summed E-state index contributed by atoms with van der Waals surface area (Å²) in [5.41, 5.74) is 11.0. The summed E-state index contributed by atoms with van der Waals surface area (Å²) in [4.78, 5) is 3.16. The fourth-order valence-corrected chi connectivity index (χ4v) is 15.6. The molecule has 0 fully saturated rings. The largest absolute Gasteiger partial charge is 0.497 e. The van der Waals surface area contributed by atoms with E-state index >= 15 is 4.21 Å². The minimum Gasteiger partial charge on any atom is -0.497 e. The highest BCUT2D eigenvalue weighted by molar-refractivity contribution is 8.21. The molecule has 2 N–H and O–H groups in total. The number of methoxy groups -OCH3 is 2. The summed E-state index contributed by atoms with van der Waals surface area (Å²) in [5.74, 6) is 1.47. The predicted molar refractivity (Wildman–Crippen MR) is 239 cm³/mol. The van der Waals surface area contributed by atoms with Gasteiger partial charge >= 0.3 is 0 Å². The van der Waals surface area contributed by atoms with Gasteiger partial charge in [0.25, 0.3) is 0 Å². The number of aliphatic hydroxyl groups excluding tert-OH is 2. The Hall–Kier alpha value is -6.97. The highest BCUT2D eigenvalue weighted by atomic mass is 32.3. The van der Waals surface area contributed by atoms with Crippen molar-refractivity contribution in [1.29, 1.82) is 0 Å². The molecule has 8 aromatic carbocycles. The molecule has 2 aliphatic heterocycles. The van der Waals surface area contributed by atoms with Crippen LogP contribution in [0, 0.1) is 0 Å². The molecule has 12 rings (SSSR count). The lowest BCUT2D eigenvalue weighted by Crippen LogP contribution is -2.30. The van der Waals surface area contributed by atoms with Crippen LogP contribution in [0.3, 0.4) is 0 Å². The third-order valence-electron chi connectivity index (χ3n) is 12.9. The molecule has 0 saturated carbocycles. The Morgan fingerprint density at radius 3 is 1.25 bits per heavy atom. The summed E-state index contributed by atoms with van der Waals surface area (Å²) in [7, 11) is -0.962. The van der Waals surface area contributed by atoms with Gasteiger partial charge in [-0.2, -0.15) is 0 Å². The van der Waals surface area contributed by atoms with E-state index in [-0.39, 0.29) is 13.2 Å². The van der Waals surface area contributed by atoms with Crippen LogP contribution in [-0.2, 0) is 22.3 Å². The monoisotopic (exact) mass is 802 g/mol. The van der Waals surface area contributed by atoms with Gasteiger partial charge in [-0.15, -0.1) is 0 Å². The summed E-state index contributed by atoms with van der Waals surface area (Å²) in [5, 5.41) is 24.5. The molecule has 292 valence electrons. The summed E-state index contributed by atoms with van der Waals surface area (Å²) in [6, 6.07) is 53.4. The molecule has 0 saturated heterocycles. The van der Waals surface area contributed by atoms with Crippen molar-refractivity contribution in [3.05, 3.63) is 169 Å².